The van der Waals surface area contributed by atoms with Crippen molar-refractivity contribution >= 4 is 29.3 Å². The second-order valence-corrected chi connectivity index (χ2v) is 7.13. The molecule has 0 saturated heterocycles. The Kier molecular flexibility index (Phi) is 4.10. The number of Topliss-reactive ketones (excluding diaryl/α,β-unsaturated/α-hetero) is 1. The van der Waals surface area contributed by atoms with E-state index in [4.69, 9.17) is 0 Å². The topological polar surface area (TPSA) is 57.5 Å². The fourth-order valence-corrected chi connectivity index (χ4v) is 4.40. The minimum Gasteiger partial charge on any atom is -0.508 e. The highest BCUT2D eigenvalue weighted by Gasteiger charge is 2.31. The Morgan fingerprint density at radius 1 is 1.18 bits per heavy atom. The van der Waals surface area contributed by atoms with Gasteiger partial charge < -0.3 is 10.2 Å². The molecule has 1 unspecified atom stereocenters. The van der Waals surface area contributed by atoms with Crippen LogP contribution in [0.4, 0.5) is 0 Å². The lowest BCUT2D eigenvalue weighted by Gasteiger charge is -2.15. The molecule has 1 aliphatic rings. The van der Waals surface area contributed by atoms with Crippen LogP contribution in [0.25, 0.3) is 0 Å². The first kappa shape index (κ1) is 15.3. The molecule has 3 rings (SSSR count). The van der Waals surface area contributed by atoms with Crippen LogP contribution in [-0.4, -0.2) is 22.3 Å². The fraction of sp³-hybridized carbons (Fsp3) is 0.235. The predicted molar refractivity (Wildman–Crippen MR) is 89.5 cm³/mol. The smallest absolute Gasteiger partial charge is 0.175 e. The zero-order valence-electron chi connectivity index (χ0n) is 12.3. The number of benzene rings is 2. The zero-order chi connectivity index (χ0) is 15.9. The van der Waals surface area contributed by atoms with Crippen LogP contribution in [0.5, 0.6) is 11.5 Å². The molecular formula is C17H16O3S2. The Labute approximate surface area is 137 Å². The number of ketones is 1. The van der Waals surface area contributed by atoms with E-state index in [1.807, 2.05) is 25.3 Å². The number of hydrogen-bond acceptors (Lipinski definition) is 5. The number of fused-ring (bicyclic) bond motifs is 2. The summed E-state index contributed by atoms with van der Waals surface area (Å²) < 4.78 is 0. The summed E-state index contributed by atoms with van der Waals surface area (Å²) >= 11 is 3.07. The van der Waals surface area contributed by atoms with Crippen molar-refractivity contribution in [1.29, 1.82) is 0 Å². The molecule has 0 bridgehead atoms. The molecule has 0 aliphatic carbocycles. The van der Waals surface area contributed by atoms with Crippen molar-refractivity contribution in [3.63, 3.8) is 0 Å². The summed E-state index contributed by atoms with van der Waals surface area (Å²) in [6.45, 7) is 1.98. The zero-order valence-corrected chi connectivity index (χ0v) is 13.9. The standard InChI is InChI=1S/C17H16O3S2/c1-3-11-12-8-10(21-2)4-5-14(12)22-15-7-9(18)6-13(19)16(15)17(11)20/h4-8,11,18-19H,3H2,1-2H3. The first-order valence-electron chi connectivity index (χ1n) is 7.01. The van der Waals surface area contributed by atoms with Gasteiger partial charge in [-0.3, -0.25) is 4.79 Å². The average molecular weight is 332 g/mol. The van der Waals surface area contributed by atoms with Crippen LogP contribution in [0.1, 0.15) is 35.2 Å². The van der Waals surface area contributed by atoms with E-state index >= 15 is 0 Å². The number of carbonyl (C=O) groups excluding carboxylic acids is 1. The van der Waals surface area contributed by atoms with Gasteiger partial charge in [0.1, 0.15) is 11.5 Å². The Hall–Kier alpha value is -1.59. The van der Waals surface area contributed by atoms with Gasteiger partial charge in [0.25, 0.3) is 0 Å². The summed E-state index contributed by atoms with van der Waals surface area (Å²) in [7, 11) is 0. The molecule has 1 atom stereocenters. The van der Waals surface area contributed by atoms with Gasteiger partial charge in [-0.2, -0.15) is 0 Å². The number of thioether (sulfide) groups is 1. The molecular weight excluding hydrogens is 316 g/mol. The van der Waals surface area contributed by atoms with Crippen LogP contribution in [-0.2, 0) is 0 Å². The number of rotatable bonds is 2. The Morgan fingerprint density at radius 3 is 2.64 bits per heavy atom. The highest BCUT2D eigenvalue weighted by Crippen LogP contribution is 2.47. The van der Waals surface area contributed by atoms with E-state index in [2.05, 4.69) is 6.07 Å². The van der Waals surface area contributed by atoms with Crippen molar-refractivity contribution in [1.82, 2.24) is 0 Å². The van der Waals surface area contributed by atoms with E-state index in [0.717, 1.165) is 15.4 Å². The highest BCUT2D eigenvalue weighted by atomic mass is 32.2. The Bertz CT molecular complexity index is 756. The lowest BCUT2D eigenvalue weighted by molar-refractivity contribution is 0.0951. The predicted octanol–water partition coefficient (Wildman–Crippen LogP) is 4.66. The van der Waals surface area contributed by atoms with Crippen molar-refractivity contribution in [2.45, 2.75) is 33.9 Å². The number of phenols is 2. The third-order valence-electron chi connectivity index (χ3n) is 3.85. The molecule has 0 amide bonds. The minimum absolute atomic E-state index is 0.0335. The van der Waals surface area contributed by atoms with Crippen LogP contribution < -0.4 is 0 Å². The number of hydrogen-bond donors (Lipinski definition) is 2. The highest BCUT2D eigenvalue weighted by molar-refractivity contribution is 7.99. The van der Waals surface area contributed by atoms with Gasteiger partial charge >= 0.3 is 0 Å². The molecule has 1 heterocycles. The molecule has 22 heavy (non-hydrogen) atoms. The summed E-state index contributed by atoms with van der Waals surface area (Å²) in [4.78, 5) is 15.6. The molecule has 0 radical (unpaired) electrons. The van der Waals surface area contributed by atoms with Gasteiger partial charge in [0.15, 0.2) is 5.78 Å². The van der Waals surface area contributed by atoms with E-state index < -0.39 is 0 Å². The maximum atomic E-state index is 12.9. The summed E-state index contributed by atoms with van der Waals surface area (Å²) in [6.07, 6.45) is 2.68. The second-order valence-electron chi connectivity index (χ2n) is 5.17. The maximum Gasteiger partial charge on any atom is 0.175 e. The van der Waals surface area contributed by atoms with Crippen molar-refractivity contribution < 1.29 is 15.0 Å². The van der Waals surface area contributed by atoms with Gasteiger partial charge in [-0.25, -0.2) is 0 Å². The van der Waals surface area contributed by atoms with Gasteiger partial charge in [-0.15, -0.1) is 11.8 Å². The first-order valence-corrected chi connectivity index (χ1v) is 9.05. The van der Waals surface area contributed by atoms with E-state index in [1.165, 1.54) is 17.8 Å². The SMILES string of the molecule is CCC1C(=O)c2c(O)cc(O)cc2Sc2ccc(SC)cc21. The second kappa shape index (κ2) is 5.89. The molecule has 114 valence electrons. The van der Waals surface area contributed by atoms with Gasteiger partial charge in [-0.05, 0) is 42.5 Å². The molecule has 0 fully saturated rings. The van der Waals surface area contributed by atoms with Crippen LogP contribution in [0, 0.1) is 0 Å². The van der Waals surface area contributed by atoms with Crippen LogP contribution in [0.15, 0.2) is 45.0 Å². The fourth-order valence-electron chi connectivity index (χ4n) is 2.77. The van der Waals surface area contributed by atoms with E-state index in [9.17, 15) is 15.0 Å². The molecule has 2 N–H and O–H groups in total. The number of carbonyl (C=O) groups is 1. The summed E-state index contributed by atoms with van der Waals surface area (Å²) in [5.41, 5.74) is 1.32. The molecule has 3 nitrogen and oxygen atoms in total. The summed E-state index contributed by atoms with van der Waals surface area (Å²) in [5.74, 6) is -0.538. The Morgan fingerprint density at radius 2 is 1.95 bits per heavy atom. The van der Waals surface area contributed by atoms with Gasteiger partial charge in [0.2, 0.25) is 0 Å². The number of aromatic hydroxyl groups is 2. The maximum absolute atomic E-state index is 12.9. The largest absolute Gasteiger partial charge is 0.508 e. The first-order chi connectivity index (χ1) is 10.5. The molecule has 1 aliphatic heterocycles. The monoisotopic (exact) mass is 332 g/mol. The van der Waals surface area contributed by atoms with Crippen molar-refractivity contribution in [2.75, 3.05) is 6.26 Å². The van der Waals surface area contributed by atoms with Crippen molar-refractivity contribution in [3.05, 3.63) is 41.5 Å². The summed E-state index contributed by atoms with van der Waals surface area (Å²) in [6, 6.07) is 8.87. The summed E-state index contributed by atoms with van der Waals surface area (Å²) in [5, 5.41) is 19.8. The van der Waals surface area contributed by atoms with Crippen LogP contribution in [0.3, 0.4) is 0 Å². The van der Waals surface area contributed by atoms with Crippen molar-refractivity contribution in [2.24, 2.45) is 0 Å². The average Bonchev–Trinajstić information content (AvgIpc) is 2.59. The normalized spacial score (nSPS) is 16.8. The minimum atomic E-state index is -0.272. The Balaban J connectivity index is 2.25. The third kappa shape index (κ3) is 2.48. The molecule has 0 aromatic heterocycles. The van der Waals surface area contributed by atoms with E-state index in [1.54, 1.807) is 17.8 Å². The lowest BCUT2D eigenvalue weighted by Crippen LogP contribution is -2.12. The van der Waals surface area contributed by atoms with E-state index in [0.29, 0.717) is 16.9 Å². The third-order valence-corrected chi connectivity index (χ3v) is 5.71. The van der Waals surface area contributed by atoms with Crippen LogP contribution >= 0.6 is 23.5 Å². The molecule has 2 aromatic rings. The van der Waals surface area contributed by atoms with Gasteiger partial charge in [0.05, 0.1) is 5.56 Å². The van der Waals surface area contributed by atoms with Gasteiger partial charge in [0, 0.05) is 26.7 Å². The molecule has 0 spiro atoms. The van der Waals surface area contributed by atoms with Gasteiger partial charge in [-0.1, -0.05) is 18.7 Å². The number of phenolic OH excluding ortho intramolecular Hbond substituents is 2. The van der Waals surface area contributed by atoms with E-state index in [-0.39, 0.29) is 23.2 Å². The molecule has 5 heteroatoms. The molecule has 0 saturated carbocycles. The van der Waals surface area contributed by atoms with Crippen molar-refractivity contribution in [3.8, 4) is 11.5 Å². The lowest BCUT2D eigenvalue weighted by atomic mass is 9.88. The van der Waals surface area contributed by atoms with Crippen LogP contribution in [0.2, 0.25) is 0 Å². The quantitative estimate of drug-likeness (QED) is 0.783. The molecule has 2 aromatic carbocycles.